The number of hydrogen-bond acceptors (Lipinski definition) is 5. The van der Waals surface area contributed by atoms with Crippen molar-refractivity contribution in [2.75, 3.05) is 12.4 Å². The maximum atomic E-state index is 14.6. The monoisotopic (exact) mass is 424 g/mol. The van der Waals surface area contributed by atoms with Crippen LogP contribution in [0.1, 0.15) is 29.5 Å². The molecule has 0 bridgehead atoms. The van der Waals surface area contributed by atoms with E-state index in [2.05, 4.69) is 9.73 Å². The number of nitrogens with zero attached hydrogens (tertiary/aromatic N) is 1. The van der Waals surface area contributed by atoms with Crippen LogP contribution < -0.4 is 5.73 Å². The summed E-state index contributed by atoms with van der Waals surface area (Å²) in [6.07, 6.45) is 0.265. The smallest absolute Gasteiger partial charge is 0.310 e. The molecule has 0 radical (unpaired) electrons. The lowest BCUT2D eigenvalue weighted by atomic mass is 9.83. The van der Waals surface area contributed by atoms with Crippen molar-refractivity contribution in [3.63, 3.8) is 0 Å². The van der Waals surface area contributed by atoms with Gasteiger partial charge in [-0.25, -0.2) is 17.8 Å². The highest BCUT2D eigenvalue weighted by Gasteiger charge is 2.56. The number of ether oxygens (including phenoxy) is 1. The Morgan fingerprint density at radius 3 is 2.72 bits per heavy atom. The van der Waals surface area contributed by atoms with Crippen LogP contribution in [0, 0.1) is 5.82 Å². The highest BCUT2D eigenvalue weighted by atomic mass is 32.2. The number of sulfone groups is 1. The molecule has 0 saturated carbocycles. The average molecular weight is 424 g/mol. The van der Waals surface area contributed by atoms with Crippen LogP contribution in [0.2, 0.25) is 0 Å². The van der Waals surface area contributed by atoms with Gasteiger partial charge in [0.2, 0.25) is 0 Å². The van der Waals surface area contributed by atoms with Gasteiger partial charge in [0.05, 0.1) is 10.6 Å². The number of alkyl halides is 2. The van der Waals surface area contributed by atoms with Crippen LogP contribution in [0.15, 0.2) is 52.4 Å². The number of halogens is 3. The molecule has 2 aromatic carbocycles. The summed E-state index contributed by atoms with van der Waals surface area (Å²) < 4.78 is 73.2. The summed E-state index contributed by atoms with van der Waals surface area (Å²) in [6.45, 7) is 0.108. The van der Waals surface area contributed by atoms with Crippen LogP contribution >= 0.6 is 0 Å². The number of benzene rings is 2. The van der Waals surface area contributed by atoms with Crippen molar-refractivity contribution in [3.8, 4) is 0 Å². The molecule has 29 heavy (non-hydrogen) atoms. The first-order valence-electron chi connectivity index (χ1n) is 9.00. The Balaban J connectivity index is 1.73. The summed E-state index contributed by atoms with van der Waals surface area (Å²) in [4.78, 5) is 4.00. The van der Waals surface area contributed by atoms with Gasteiger partial charge in [-0.1, -0.05) is 30.3 Å². The van der Waals surface area contributed by atoms with E-state index in [4.69, 9.17) is 5.73 Å². The first-order chi connectivity index (χ1) is 13.5. The summed E-state index contributed by atoms with van der Waals surface area (Å²) in [5.41, 5.74) is 4.17. The van der Waals surface area contributed by atoms with Crippen LogP contribution in [0.4, 0.5) is 13.2 Å². The quantitative estimate of drug-likeness (QED) is 0.821. The third-order valence-corrected chi connectivity index (χ3v) is 7.48. The fourth-order valence-corrected chi connectivity index (χ4v) is 5.85. The number of rotatable bonds is 3. The predicted molar refractivity (Wildman–Crippen MR) is 101 cm³/mol. The van der Waals surface area contributed by atoms with Crippen molar-refractivity contribution in [2.24, 2.45) is 10.7 Å². The minimum absolute atomic E-state index is 0.0780. The molecular formula is C20H19F3N2O3S. The van der Waals surface area contributed by atoms with Crippen molar-refractivity contribution in [1.82, 2.24) is 0 Å². The van der Waals surface area contributed by atoms with Gasteiger partial charge in [0.1, 0.15) is 5.82 Å². The van der Waals surface area contributed by atoms with Crippen molar-refractivity contribution in [1.29, 1.82) is 0 Å². The van der Waals surface area contributed by atoms with Gasteiger partial charge < -0.3 is 10.5 Å². The molecular weight excluding hydrogens is 405 g/mol. The molecule has 1 unspecified atom stereocenters. The maximum absolute atomic E-state index is 14.6. The lowest BCUT2D eigenvalue weighted by Gasteiger charge is -2.37. The molecule has 0 aromatic heterocycles. The van der Waals surface area contributed by atoms with E-state index in [0.29, 0.717) is 11.1 Å². The molecule has 0 amide bonds. The summed E-state index contributed by atoms with van der Waals surface area (Å²) in [7, 11) is -3.40. The fraction of sp³-hybridized carbons (Fsp3) is 0.350. The summed E-state index contributed by atoms with van der Waals surface area (Å²) in [5, 5.41) is 0. The van der Waals surface area contributed by atoms with E-state index in [0.717, 1.165) is 13.0 Å². The number of amidine groups is 1. The molecule has 9 heteroatoms. The molecule has 4 rings (SSSR count). The van der Waals surface area contributed by atoms with E-state index in [9.17, 15) is 21.6 Å². The molecule has 0 fully saturated rings. The Morgan fingerprint density at radius 2 is 1.97 bits per heavy atom. The molecule has 0 aliphatic carbocycles. The molecule has 2 heterocycles. The van der Waals surface area contributed by atoms with Crippen LogP contribution in [0.3, 0.4) is 0 Å². The lowest BCUT2D eigenvalue weighted by Crippen LogP contribution is -2.51. The number of hydrogen-bond donors (Lipinski definition) is 1. The van der Waals surface area contributed by atoms with E-state index in [1.54, 1.807) is 24.3 Å². The Hall–Kier alpha value is -2.55. The summed E-state index contributed by atoms with van der Waals surface area (Å²) in [6, 6.07) is 10.2. The molecule has 2 aliphatic rings. The highest BCUT2D eigenvalue weighted by Crippen LogP contribution is 2.45. The molecule has 2 aromatic rings. The second-order valence-electron chi connectivity index (χ2n) is 7.55. The lowest BCUT2D eigenvalue weighted by molar-refractivity contribution is -0.117. The fourth-order valence-electron chi connectivity index (χ4n) is 3.97. The highest BCUT2D eigenvalue weighted by molar-refractivity contribution is 7.91. The van der Waals surface area contributed by atoms with Gasteiger partial charge in [-0.3, -0.25) is 0 Å². The molecule has 0 saturated heterocycles. The van der Waals surface area contributed by atoms with E-state index in [1.807, 2.05) is 0 Å². The van der Waals surface area contributed by atoms with E-state index < -0.39 is 39.7 Å². The molecule has 2 N–H and O–H groups in total. The van der Waals surface area contributed by atoms with Gasteiger partial charge in [0, 0.05) is 11.5 Å². The van der Waals surface area contributed by atoms with E-state index >= 15 is 0 Å². The number of aliphatic imine (C=N–C) groups is 1. The largest absolute Gasteiger partial charge is 0.459 e. The van der Waals surface area contributed by atoms with Gasteiger partial charge in [0.15, 0.2) is 22.0 Å². The van der Waals surface area contributed by atoms with E-state index in [1.165, 1.54) is 12.1 Å². The first kappa shape index (κ1) is 19.8. The molecule has 154 valence electrons. The van der Waals surface area contributed by atoms with Crippen molar-refractivity contribution >= 4 is 15.9 Å². The zero-order valence-corrected chi connectivity index (χ0v) is 16.3. The van der Waals surface area contributed by atoms with Crippen molar-refractivity contribution in [3.05, 3.63) is 65.0 Å². The maximum Gasteiger partial charge on any atom is 0.310 e. The Labute approximate surface area is 166 Å². The van der Waals surface area contributed by atoms with Crippen LogP contribution in [-0.4, -0.2) is 32.7 Å². The zero-order chi connectivity index (χ0) is 21.0. The molecule has 0 spiro atoms. The van der Waals surface area contributed by atoms with Crippen LogP contribution in [0.5, 0.6) is 0 Å². The standard InChI is InChI=1S/C20H19F3N2O3S/c1-19(20(22,23)11-28-18(24)25-19)15-9-12(6-7-16(15)21)8-13-10-29(26,27)17-5-3-2-4-14(13)17/h2-7,9,13H,8,10-11H2,1H3,(H2,24,25)/t13?,19-/m1/s1. The predicted octanol–water partition coefficient (Wildman–Crippen LogP) is 3.13. The number of nitrogens with two attached hydrogens (primary N) is 1. The van der Waals surface area contributed by atoms with E-state index in [-0.39, 0.29) is 28.6 Å². The second kappa shape index (κ2) is 6.48. The van der Waals surface area contributed by atoms with Crippen molar-refractivity contribution in [2.45, 2.75) is 35.6 Å². The first-order valence-corrected chi connectivity index (χ1v) is 10.7. The Morgan fingerprint density at radius 1 is 1.24 bits per heavy atom. The molecule has 2 aliphatic heterocycles. The Kier molecular flexibility index (Phi) is 4.41. The van der Waals surface area contributed by atoms with Gasteiger partial charge in [-0.15, -0.1) is 0 Å². The summed E-state index contributed by atoms with van der Waals surface area (Å²) >= 11 is 0. The van der Waals surface area contributed by atoms with Crippen LogP contribution in [0.25, 0.3) is 0 Å². The third kappa shape index (κ3) is 3.17. The van der Waals surface area contributed by atoms with Gasteiger partial charge in [-0.2, -0.15) is 8.78 Å². The second-order valence-corrected chi connectivity index (χ2v) is 9.55. The summed E-state index contributed by atoms with van der Waals surface area (Å²) in [5.74, 6) is -4.73. The zero-order valence-electron chi connectivity index (χ0n) is 15.5. The van der Waals surface area contributed by atoms with Gasteiger partial charge in [0.25, 0.3) is 6.02 Å². The normalized spacial score (nSPS) is 27.0. The third-order valence-electron chi connectivity index (χ3n) is 5.60. The topological polar surface area (TPSA) is 81.8 Å². The van der Waals surface area contributed by atoms with Crippen LogP contribution in [-0.2, 0) is 26.5 Å². The van der Waals surface area contributed by atoms with Crippen molar-refractivity contribution < 1.29 is 26.3 Å². The van der Waals surface area contributed by atoms with Gasteiger partial charge in [-0.05, 0) is 36.6 Å². The molecule has 2 atom stereocenters. The number of fused-ring (bicyclic) bond motifs is 1. The SMILES string of the molecule is C[C@]1(c2cc(CC3CS(=O)(=O)c4ccccc43)ccc2F)N=C(N)OCC1(F)F. The van der Waals surface area contributed by atoms with Gasteiger partial charge >= 0.3 is 5.92 Å². The average Bonchev–Trinajstić information content (AvgIpc) is 2.91. The minimum Gasteiger partial charge on any atom is -0.459 e. The minimum atomic E-state index is -3.47. The Bertz CT molecular complexity index is 1120. The molecule has 5 nitrogen and oxygen atoms in total.